The van der Waals surface area contributed by atoms with Crippen molar-refractivity contribution in [2.75, 3.05) is 6.61 Å². The van der Waals surface area contributed by atoms with Gasteiger partial charge in [0.25, 0.3) is 5.91 Å². The summed E-state index contributed by atoms with van der Waals surface area (Å²) < 4.78 is 30.7. The van der Waals surface area contributed by atoms with Gasteiger partial charge < -0.3 is 10.1 Å². The van der Waals surface area contributed by atoms with Crippen molar-refractivity contribution in [1.82, 2.24) is 5.32 Å². The molecule has 0 atom stereocenters. The third-order valence-electron chi connectivity index (χ3n) is 2.84. The molecule has 23 heavy (non-hydrogen) atoms. The van der Waals surface area contributed by atoms with Crippen molar-refractivity contribution < 1.29 is 23.1 Å². The molecule has 7 heteroatoms. The van der Waals surface area contributed by atoms with Crippen LogP contribution in [0.4, 0.5) is 8.78 Å². The van der Waals surface area contributed by atoms with Gasteiger partial charge >= 0.3 is 5.97 Å². The van der Waals surface area contributed by atoms with E-state index in [9.17, 15) is 18.4 Å². The predicted molar refractivity (Wildman–Crippen MR) is 79.9 cm³/mol. The Morgan fingerprint density at radius 3 is 2.26 bits per heavy atom. The maximum absolute atomic E-state index is 13.0. The van der Waals surface area contributed by atoms with E-state index >= 15 is 0 Å². The topological polar surface area (TPSA) is 55.4 Å². The molecule has 0 saturated heterocycles. The molecular formula is C16H12ClF2NO3. The number of esters is 1. The number of carbonyl (C=O) groups is 2. The molecule has 4 nitrogen and oxygen atoms in total. The van der Waals surface area contributed by atoms with Gasteiger partial charge in [0, 0.05) is 17.6 Å². The van der Waals surface area contributed by atoms with Crippen LogP contribution in [-0.4, -0.2) is 18.5 Å². The van der Waals surface area contributed by atoms with Crippen molar-refractivity contribution in [3.63, 3.8) is 0 Å². The van der Waals surface area contributed by atoms with E-state index in [0.717, 1.165) is 17.7 Å². The Hall–Kier alpha value is -2.47. The molecule has 2 aromatic carbocycles. The minimum Gasteiger partial charge on any atom is -0.452 e. The summed E-state index contributed by atoms with van der Waals surface area (Å²) >= 11 is 5.74. The second kappa shape index (κ2) is 7.69. The van der Waals surface area contributed by atoms with Gasteiger partial charge in [-0.3, -0.25) is 4.79 Å². The number of amides is 1. The van der Waals surface area contributed by atoms with Crippen molar-refractivity contribution in [3.8, 4) is 0 Å². The Balaban J connectivity index is 1.81. The Morgan fingerprint density at radius 1 is 1.04 bits per heavy atom. The first-order valence-corrected chi connectivity index (χ1v) is 6.96. The molecule has 0 aliphatic carbocycles. The molecule has 0 aromatic heterocycles. The van der Waals surface area contributed by atoms with Gasteiger partial charge in [-0.25, -0.2) is 13.6 Å². The van der Waals surface area contributed by atoms with E-state index in [2.05, 4.69) is 5.32 Å². The molecule has 2 aromatic rings. The molecule has 0 fully saturated rings. The lowest BCUT2D eigenvalue weighted by molar-refractivity contribution is -0.124. The Kier molecular flexibility index (Phi) is 5.65. The van der Waals surface area contributed by atoms with Crippen LogP contribution >= 0.6 is 11.6 Å². The number of ether oxygens (including phenoxy) is 1. The highest BCUT2D eigenvalue weighted by atomic mass is 35.5. The van der Waals surface area contributed by atoms with Crippen LogP contribution in [0, 0.1) is 11.6 Å². The Labute approximate surface area is 136 Å². The van der Waals surface area contributed by atoms with Gasteiger partial charge in [-0.1, -0.05) is 23.7 Å². The van der Waals surface area contributed by atoms with E-state index in [1.54, 1.807) is 24.3 Å². The molecule has 120 valence electrons. The summed E-state index contributed by atoms with van der Waals surface area (Å²) in [6.07, 6.45) is 0. The Morgan fingerprint density at radius 2 is 1.65 bits per heavy atom. The highest BCUT2D eigenvalue weighted by molar-refractivity contribution is 6.30. The molecule has 0 aliphatic rings. The smallest absolute Gasteiger partial charge is 0.338 e. The van der Waals surface area contributed by atoms with E-state index in [1.165, 1.54) is 0 Å². The van der Waals surface area contributed by atoms with Crippen molar-refractivity contribution in [2.24, 2.45) is 0 Å². The zero-order valence-corrected chi connectivity index (χ0v) is 12.6. The van der Waals surface area contributed by atoms with Gasteiger partial charge in [-0.05, 0) is 29.8 Å². The molecule has 0 heterocycles. The first-order valence-electron chi connectivity index (χ1n) is 6.58. The fourth-order valence-electron chi connectivity index (χ4n) is 1.74. The number of benzene rings is 2. The van der Waals surface area contributed by atoms with Crippen LogP contribution in [-0.2, 0) is 16.1 Å². The molecule has 0 bridgehead atoms. The summed E-state index contributed by atoms with van der Waals surface area (Å²) in [7, 11) is 0. The zero-order valence-electron chi connectivity index (χ0n) is 11.8. The minimum atomic E-state index is -0.981. The highest BCUT2D eigenvalue weighted by Crippen LogP contribution is 2.10. The van der Waals surface area contributed by atoms with E-state index in [0.29, 0.717) is 11.1 Å². The molecule has 0 spiro atoms. The summed E-state index contributed by atoms with van der Waals surface area (Å²) in [5.74, 6) is -3.32. The molecule has 0 saturated carbocycles. The number of halogens is 3. The number of hydrogen-bond acceptors (Lipinski definition) is 3. The molecule has 0 aliphatic heterocycles. The molecule has 0 unspecified atom stereocenters. The summed E-state index contributed by atoms with van der Waals surface area (Å²) in [5.41, 5.74) is 0.522. The second-order valence-electron chi connectivity index (χ2n) is 4.64. The first kappa shape index (κ1) is 16.9. The van der Waals surface area contributed by atoms with Crippen molar-refractivity contribution >= 4 is 23.5 Å². The van der Waals surface area contributed by atoms with Crippen LogP contribution in [0.25, 0.3) is 0 Å². The third-order valence-corrected chi connectivity index (χ3v) is 3.09. The molecule has 2 rings (SSSR count). The summed E-state index contributed by atoms with van der Waals surface area (Å²) in [4.78, 5) is 23.2. The molecule has 1 N–H and O–H groups in total. The van der Waals surface area contributed by atoms with E-state index in [-0.39, 0.29) is 12.1 Å². The Bertz CT molecular complexity index is 700. The van der Waals surface area contributed by atoms with Crippen LogP contribution < -0.4 is 5.32 Å². The van der Waals surface area contributed by atoms with Gasteiger partial charge in [0.05, 0.1) is 5.56 Å². The lowest BCUT2D eigenvalue weighted by Crippen LogP contribution is -2.28. The van der Waals surface area contributed by atoms with E-state index < -0.39 is 30.1 Å². The maximum Gasteiger partial charge on any atom is 0.338 e. The number of rotatable bonds is 5. The van der Waals surface area contributed by atoms with E-state index in [1.807, 2.05) is 0 Å². The van der Waals surface area contributed by atoms with Gasteiger partial charge in [0.2, 0.25) is 0 Å². The zero-order chi connectivity index (χ0) is 16.8. The largest absolute Gasteiger partial charge is 0.452 e. The fourth-order valence-corrected chi connectivity index (χ4v) is 1.87. The van der Waals surface area contributed by atoms with Gasteiger partial charge in [-0.2, -0.15) is 0 Å². The van der Waals surface area contributed by atoms with Crippen LogP contribution in [0.1, 0.15) is 15.9 Å². The predicted octanol–water partition coefficient (Wildman–Crippen LogP) is 3.09. The third kappa shape index (κ3) is 5.34. The number of nitrogens with one attached hydrogen (secondary N) is 1. The lowest BCUT2D eigenvalue weighted by Gasteiger charge is -2.07. The summed E-state index contributed by atoms with van der Waals surface area (Å²) in [6.45, 7) is -0.313. The standard InChI is InChI=1S/C16H12ClF2NO3/c17-12-3-1-10(2-4-12)8-20-15(21)9-23-16(22)11-5-13(18)7-14(19)6-11/h1-7H,8-9H2,(H,20,21). The molecular weight excluding hydrogens is 328 g/mol. The van der Waals surface area contributed by atoms with Gasteiger partial charge in [0.1, 0.15) is 11.6 Å². The average Bonchev–Trinajstić information content (AvgIpc) is 2.51. The fraction of sp³-hybridized carbons (Fsp3) is 0.125. The van der Waals surface area contributed by atoms with Crippen molar-refractivity contribution in [3.05, 3.63) is 70.2 Å². The SMILES string of the molecule is O=C(COC(=O)c1cc(F)cc(F)c1)NCc1ccc(Cl)cc1. The van der Waals surface area contributed by atoms with Crippen LogP contribution in [0.15, 0.2) is 42.5 Å². The lowest BCUT2D eigenvalue weighted by atomic mass is 10.2. The molecule has 0 radical (unpaired) electrons. The second-order valence-corrected chi connectivity index (χ2v) is 5.07. The van der Waals surface area contributed by atoms with Crippen molar-refractivity contribution in [2.45, 2.75) is 6.54 Å². The minimum absolute atomic E-state index is 0.238. The quantitative estimate of drug-likeness (QED) is 0.852. The number of carbonyl (C=O) groups excluding carboxylic acids is 2. The summed E-state index contributed by atoms with van der Waals surface area (Å²) in [5, 5.41) is 3.12. The molecule has 1 amide bonds. The highest BCUT2D eigenvalue weighted by Gasteiger charge is 2.12. The van der Waals surface area contributed by atoms with Crippen LogP contribution in [0.2, 0.25) is 5.02 Å². The maximum atomic E-state index is 13.0. The van der Waals surface area contributed by atoms with Crippen LogP contribution in [0.3, 0.4) is 0 Å². The number of hydrogen-bond donors (Lipinski definition) is 1. The average molecular weight is 340 g/mol. The normalized spacial score (nSPS) is 10.2. The monoisotopic (exact) mass is 339 g/mol. The van der Waals surface area contributed by atoms with Gasteiger partial charge in [-0.15, -0.1) is 0 Å². The van der Waals surface area contributed by atoms with Gasteiger partial charge in [0.15, 0.2) is 6.61 Å². The van der Waals surface area contributed by atoms with Crippen LogP contribution in [0.5, 0.6) is 0 Å². The van der Waals surface area contributed by atoms with Crippen molar-refractivity contribution in [1.29, 1.82) is 0 Å². The first-order chi connectivity index (χ1) is 10.9. The van der Waals surface area contributed by atoms with E-state index in [4.69, 9.17) is 16.3 Å². The summed E-state index contributed by atoms with van der Waals surface area (Å²) in [6, 6.07) is 9.14.